The highest BCUT2D eigenvalue weighted by Gasteiger charge is 2.48. The molecule has 1 aliphatic carbocycles. The van der Waals surface area contributed by atoms with Gasteiger partial charge >= 0.3 is 0 Å². The molecule has 186 valence electrons. The number of sulfone groups is 1. The van der Waals surface area contributed by atoms with E-state index in [1.807, 2.05) is 24.1 Å². The van der Waals surface area contributed by atoms with Crippen molar-refractivity contribution < 1.29 is 17.2 Å². The van der Waals surface area contributed by atoms with Crippen molar-refractivity contribution in [2.75, 3.05) is 25.0 Å². The van der Waals surface area contributed by atoms with E-state index in [2.05, 4.69) is 9.88 Å². The lowest BCUT2D eigenvalue weighted by atomic mass is 9.70. The Labute approximate surface area is 213 Å². The van der Waals surface area contributed by atoms with Crippen LogP contribution >= 0.6 is 22.9 Å². The number of rotatable bonds is 7. The number of likely N-dealkylation sites (tertiary alicyclic amines) is 1. The number of hydrogen-bond donors (Lipinski definition) is 0. The zero-order valence-electron chi connectivity index (χ0n) is 19.3. The largest absolute Gasteiger partial charge is 0.369 e. The summed E-state index contributed by atoms with van der Waals surface area (Å²) in [6.45, 7) is 1.48. The smallest absolute Gasteiger partial charge is 0.187 e. The minimum Gasteiger partial charge on any atom is -0.369 e. The molecule has 1 atom stereocenters. The van der Waals surface area contributed by atoms with E-state index in [0.717, 1.165) is 37.8 Å². The van der Waals surface area contributed by atoms with Crippen molar-refractivity contribution in [1.82, 2.24) is 9.88 Å². The van der Waals surface area contributed by atoms with Crippen LogP contribution in [0.5, 0.6) is 0 Å². The summed E-state index contributed by atoms with van der Waals surface area (Å²) < 4.78 is 55.3. The third-order valence-electron chi connectivity index (χ3n) is 7.41. The molecule has 10 heteroatoms. The Kier molecular flexibility index (Phi) is 6.63. The summed E-state index contributed by atoms with van der Waals surface area (Å²) in [5.41, 5.74) is 2.80. The van der Waals surface area contributed by atoms with E-state index in [0.29, 0.717) is 17.9 Å². The van der Waals surface area contributed by atoms with Crippen LogP contribution in [0.4, 0.5) is 14.5 Å². The molecule has 2 aromatic carbocycles. The van der Waals surface area contributed by atoms with Gasteiger partial charge in [0.25, 0.3) is 0 Å². The third-order valence-corrected chi connectivity index (χ3v) is 10.0. The highest BCUT2D eigenvalue weighted by Crippen LogP contribution is 2.49. The molecule has 0 spiro atoms. The Hall–Kier alpha value is -2.07. The van der Waals surface area contributed by atoms with Gasteiger partial charge in [-0.2, -0.15) is 0 Å². The average Bonchev–Trinajstić information content (AvgIpc) is 3.47. The molecular weight excluding hydrogens is 512 g/mol. The Morgan fingerprint density at radius 2 is 2.00 bits per heavy atom. The minimum absolute atomic E-state index is 0.0358. The van der Waals surface area contributed by atoms with Crippen LogP contribution < -0.4 is 4.90 Å². The van der Waals surface area contributed by atoms with E-state index < -0.39 is 20.5 Å². The lowest BCUT2D eigenvalue weighted by molar-refractivity contribution is 0.0280. The molecule has 5 nitrogen and oxygen atoms in total. The van der Waals surface area contributed by atoms with Crippen LogP contribution in [0.15, 0.2) is 52.2 Å². The number of halogens is 3. The lowest BCUT2D eigenvalue weighted by Gasteiger charge is -2.49. The monoisotopic (exact) mass is 537 g/mol. The molecule has 5 rings (SSSR count). The van der Waals surface area contributed by atoms with Crippen molar-refractivity contribution in [1.29, 1.82) is 0 Å². The van der Waals surface area contributed by atoms with Gasteiger partial charge in [-0.3, -0.25) is 4.90 Å². The summed E-state index contributed by atoms with van der Waals surface area (Å²) >= 11 is 7.78. The van der Waals surface area contributed by atoms with Crippen LogP contribution in [0, 0.1) is 11.6 Å². The maximum Gasteiger partial charge on any atom is 0.187 e. The Morgan fingerprint density at radius 3 is 2.66 bits per heavy atom. The van der Waals surface area contributed by atoms with Crippen molar-refractivity contribution in [2.45, 2.75) is 47.9 Å². The fourth-order valence-corrected chi connectivity index (χ4v) is 7.74. The van der Waals surface area contributed by atoms with E-state index in [1.165, 1.54) is 35.0 Å². The fraction of sp³-hybridized carbons (Fsp3) is 0.400. The summed E-state index contributed by atoms with van der Waals surface area (Å²) in [4.78, 5) is 7.82. The second kappa shape index (κ2) is 9.42. The van der Waals surface area contributed by atoms with Gasteiger partial charge in [0.1, 0.15) is 16.5 Å². The molecule has 1 saturated heterocycles. The highest BCUT2D eigenvalue weighted by atomic mass is 35.5. The molecule has 1 aliphatic heterocycles. The predicted molar refractivity (Wildman–Crippen MR) is 135 cm³/mol. The van der Waals surface area contributed by atoms with Crippen LogP contribution in [-0.4, -0.2) is 44.5 Å². The number of aromatic nitrogens is 1. The van der Waals surface area contributed by atoms with Crippen molar-refractivity contribution in [3.8, 4) is 0 Å². The quantitative estimate of drug-likeness (QED) is 0.390. The summed E-state index contributed by atoms with van der Waals surface area (Å²) in [5.74, 6) is -1.39. The molecule has 0 amide bonds. The van der Waals surface area contributed by atoms with E-state index in [9.17, 15) is 12.8 Å². The van der Waals surface area contributed by atoms with Crippen molar-refractivity contribution >= 4 is 38.5 Å². The summed E-state index contributed by atoms with van der Waals surface area (Å²) in [6, 6.07) is 9.42. The Morgan fingerprint density at radius 1 is 1.23 bits per heavy atom. The van der Waals surface area contributed by atoms with Gasteiger partial charge in [-0.15, -0.1) is 11.3 Å². The van der Waals surface area contributed by atoms with Crippen molar-refractivity contribution in [3.05, 3.63) is 75.2 Å². The number of benzene rings is 2. The van der Waals surface area contributed by atoms with Crippen molar-refractivity contribution in [2.24, 2.45) is 0 Å². The molecule has 2 fully saturated rings. The molecular formula is C25H26ClF2N3O2S2. The minimum atomic E-state index is -3.93. The summed E-state index contributed by atoms with van der Waals surface area (Å²) in [5, 5.41) is 1.80. The summed E-state index contributed by atoms with van der Waals surface area (Å²) in [6.07, 6.45) is 3.68. The molecule has 0 N–H and O–H groups in total. The van der Waals surface area contributed by atoms with Gasteiger partial charge in [0.2, 0.25) is 0 Å². The van der Waals surface area contributed by atoms with Gasteiger partial charge in [-0.25, -0.2) is 22.2 Å². The first-order valence-electron chi connectivity index (χ1n) is 11.5. The van der Waals surface area contributed by atoms with Gasteiger partial charge in [0.05, 0.1) is 27.7 Å². The Bertz CT molecular complexity index is 1330. The van der Waals surface area contributed by atoms with Crippen LogP contribution in [0.25, 0.3) is 0 Å². The highest BCUT2D eigenvalue weighted by molar-refractivity contribution is 7.90. The molecule has 0 bridgehead atoms. The van der Waals surface area contributed by atoms with E-state index in [4.69, 9.17) is 11.6 Å². The normalized spacial score (nSPS) is 20.1. The van der Waals surface area contributed by atoms with Gasteiger partial charge in [-0.05, 0) is 37.8 Å². The van der Waals surface area contributed by atoms with Gasteiger partial charge in [-0.1, -0.05) is 29.8 Å². The van der Waals surface area contributed by atoms with E-state index in [1.54, 1.807) is 11.4 Å². The van der Waals surface area contributed by atoms with Gasteiger partial charge in [0, 0.05) is 48.7 Å². The summed E-state index contributed by atoms with van der Waals surface area (Å²) in [7, 11) is -2.09. The van der Waals surface area contributed by atoms with Crippen LogP contribution in [0.1, 0.15) is 36.9 Å². The number of nitrogens with zero attached hydrogens (tertiary/aromatic N) is 3. The molecule has 1 saturated carbocycles. The van der Waals surface area contributed by atoms with Gasteiger partial charge in [0.15, 0.2) is 9.84 Å². The maximum absolute atomic E-state index is 15.1. The average molecular weight is 538 g/mol. The maximum atomic E-state index is 15.1. The first-order valence-corrected chi connectivity index (χ1v) is 14.5. The SMILES string of the molecule is CN(c1cc(F)c(S(=O)(=O)Cc2cscn2)cc1Cl)[C@H]1CCN(C2(c3ccccc3F)CCC2)C1. The molecule has 0 unspecified atom stereocenters. The topological polar surface area (TPSA) is 53.5 Å². The van der Waals surface area contributed by atoms with Crippen molar-refractivity contribution in [3.63, 3.8) is 0 Å². The molecule has 2 heterocycles. The number of likely N-dealkylation sites (N-methyl/N-ethyl adjacent to an activating group) is 1. The first-order chi connectivity index (χ1) is 16.7. The number of hydrogen-bond acceptors (Lipinski definition) is 6. The van der Waals surface area contributed by atoms with E-state index in [-0.39, 0.29) is 28.2 Å². The lowest BCUT2D eigenvalue weighted by Crippen LogP contribution is -2.51. The molecule has 0 radical (unpaired) electrons. The molecule has 3 aromatic rings. The fourth-order valence-electron chi connectivity index (χ4n) is 5.36. The second-order valence-electron chi connectivity index (χ2n) is 9.34. The van der Waals surface area contributed by atoms with E-state index >= 15 is 4.39 Å². The van der Waals surface area contributed by atoms with Crippen LogP contribution in [0.2, 0.25) is 5.02 Å². The number of thiazole rings is 1. The third kappa shape index (κ3) is 4.48. The number of anilines is 1. The molecule has 2 aliphatic rings. The second-order valence-corrected chi connectivity index (χ2v) is 12.4. The van der Waals surface area contributed by atoms with Gasteiger partial charge < -0.3 is 4.90 Å². The zero-order chi connectivity index (χ0) is 24.8. The molecule has 35 heavy (non-hydrogen) atoms. The first kappa shape index (κ1) is 24.6. The predicted octanol–water partition coefficient (Wildman–Crippen LogP) is 5.64. The van der Waals surface area contributed by atoms with Crippen LogP contribution in [0.3, 0.4) is 0 Å². The Balaban J connectivity index is 1.36. The molecule has 1 aromatic heterocycles. The standard InChI is InChI=1S/C25H26ClF2N3O2S2/c1-30(18-7-10-31(13-18)25(8-4-9-25)19-5-2-3-6-21(19)27)23-12-22(28)24(11-20(23)26)35(32,33)15-17-14-34-16-29-17/h2-3,5-6,11-12,14,16,18H,4,7-10,13,15H2,1H3/t18-/m0/s1. The zero-order valence-corrected chi connectivity index (χ0v) is 21.6. The van der Waals surface area contributed by atoms with Crippen LogP contribution in [-0.2, 0) is 21.1 Å².